The van der Waals surface area contributed by atoms with Gasteiger partial charge in [-0.2, -0.15) is 0 Å². The number of thioether (sulfide) groups is 1. The van der Waals surface area contributed by atoms with Crippen LogP contribution in [0.5, 0.6) is 11.8 Å². The number of hydrogen-bond acceptors (Lipinski definition) is 8. The van der Waals surface area contributed by atoms with Crippen molar-refractivity contribution in [1.29, 1.82) is 0 Å². The van der Waals surface area contributed by atoms with Crippen LogP contribution < -0.4 is 14.8 Å². The smallest absolute Gasteiger partial charge is 0.415 e. The van der Waals surface area contributed by atoms with Crippen LogP contribution in [0.4, 0.5) is 4.79 Å². The Bertz CT molecular complexity index is 1140. The number of nitrogens with zero attached hydrogens (tertiary/aromatic N) is 2. The summed E-state index contributed by atoms with van der Waals surface area (Å²) in [6.07, 6.45) is 1.60. The Morgan fingerprint density at radius 3 is 2.42 bits per heavy atom. The minimum atomic E-state index is -0.401. The van der Waals surface area contributed by atoms with E-state index >= 15 is 0 Å². The molecular weight excluding hydrogens is 465 g/mol. The summed E-state index contributed by atoms with van der Waals surface area (Å²) in [5, 5.41) is 10.5. The second kappa shape index (κ2) is 9.42. The Balaban J connectivity index is 1.31. The van der Waals surface area contributed by atoms with Gasteiger partial charge in [-0.05, 0) is 47.7 Å². The lowest BCUT2D eigenvalue weighted by molar-refractivity contribution is -0.115. The summed E-state index contributed by atoms with van der Waals surface area (Å²) in [5.74, 6) is 0.385. The molecule has 8 nitrogen and oxygen atoms in total. The Hall–Kier alpha value is -3.01. The number of carbonyl (C=O) groups excluding carboxylic acids is 2. The Morgan fingerprint density at radius 1 is 1.00 bits per heavy atom. The van der Waals surface area contributed by atoms with E-state index in [1.165, 1.54) is 0 Å². The fourth-order valence-corrected chi connectivity index (χ4v) is 3.73. The van der Waals surface area contributed by atoms with Crippen LogP contribution in [0.1, 0.15) is 17.0 Å². The number of amides is 2. The highest BCUT2D eigenvalue weighted by molar-refractivity contribution is 8.18. The molecule has 1 fully saturated rings. The van der Waals surface area contributed by atoms with E-state index in [4.69, 9.17) is 37.1 Å². The summed E-state index contributed by atoms with van der Waals surface area (Å²) < 4.78 is 16.5. The molecule has 1 aliphatic rings. The highest BCUT2D eigenvalue weighted by Crippen LogP contribution is 2.27. The van der Waals surface area contributed by atoms with Crippen molar-refractivity contribution in [2.45, 2.75) is 13.2 Å². The molecule has 2 heterocycles. The van der Waals surface area contributed by atoms with E-state index in [-0.39, 0.29) is 30.4 Å². The second-order valence-electron chi connectivity index (χ2n) is 6.16. The van der Waals surface area contributed by atoms with Gasteiger partial charge in [-0.3, -0.25) is 14.9 Å². The van der Waals surface area contributed by atoms with Gasteiger partial charge in [0.1, 0.15) is 12.4 Å². The molecule has 0 radical (unpaired) electrons. The summed E-state index contributed by atoms with van der Waals surface area (Å²) in [4.78, 5) is 23.1. The predicted octanol–water partition coefficient (Wildman–Crippen LogP) is 4.86. The van der Waals surface area contributed by atoms with Gasteiger partial charge < -0.3 is 13.9 Å². The van der Waals surface area contributed by atoms with Crippen LogP contribution in [0.15, 0.2) is 51.8 Å². The van der Waals surface area contributed by atoms with Crippen LogP contribution in [0.3, 0.4) is 0 Å². The van der Waals surface area contributed by atoms with Gasteiger partial charge in [0.25, 0.3) is 17.0 Å². The minimum Gasteiger partial charge on any atom is -0.484 e. The van der Waals surface area contributed by atoms with Crippen molar-refractivity contribution in [2.24, 2.45) is 0 Å². The van der Waals surface area contributed by atoms with Crippen molar-refractivity contribution < 1.29 is 23.5 Å². The Labute approximate surface area is 190 Å². The topological polar surface area (TPSA) is 104 Å². The minimum absolute atomic E-state index is 0.0292. The van der Waals surface area contributed by atoms with Gasteiger partial charge in [0.05, 0.1) is 4.91 Å². The third-order valence-electron chi connectivity index (χ3n) is 4.03. The molecule has 4 rings (SSSR count). The molecule has 0 atom stereocenters. The zero-order valence-electron chi connectivity index (χ0n) is 15.6. The molecule has 31 heavy (non-hydrogen) atoms. The van der Waals surface area contributed by atoms with Crippen molar-refractivity contribution in [1.82, 2.24) is 15.5 Å². The number of benzene rings is 2. The van der Waals surface area contributed by atoms with Crippen molar-refractivity contribution in [3.05, 3.63) is 74.4 Å². The molecule has 0 aliphatic carbocycles. The quantitative estimate of drug-likeness (QED) is 0.481. The number of ether oxygens (including phenoxy) is 2. The molecule has 0 bridgehead atoms. The average molecular weight is 478 g/mol. The van der Waals surface area contributed by atoms with Crippen LogP contribution in [-0.2, 0) is 18.0 Å². The van der Waals surface area contributed by atoms with Crippen LogP contribution in [0.2, 0.25) is 10.0 Å². The first kappa shape index (κ1) is 21.2. The molecule has 0 spiro atoms. The Kier molecular flexibility index (Phi) is 6.45. The highest BCUT2D eigenvalue weighted by Gasteiger charge is 2.24. The van der Waals surface area contributed by atoms with Crippen molar-refractivity contribution >= 4 is 52.2 Å². The zero-order chi connectivity index (χ0) is 21.8. The molecule has 2 amide bonds. The van der Waals surface area contributed by atoms with Gasteiger partial charge in [-0.15, -0.1) is 5.10 Å². The van der Waals surface area contributed by atoms with E-state index in [0.29, 0.717) is 26.3 Å². The number of hydrogen-bond donors (Lipinski definition) is 1. The van der Waals surface area contributed by atoms with E-state index in [1.807, 2.05) is 0 Å². The van der Waals surface area contributed by atoms with Crippen molar-refractivity contribution in [2.75, 3.05) is 0 Å². The molecular formula is C20H13Cl2N3O5S. The van der Waals surface area contributed by atoms with E-state index in [0.717, 1.165) is 17.3 Å². The van der Waals surface area contributed by atoms with Gasteiger partial charge >= 0.3 is 6.08 Å². The lowest BCUT2D eigenvalue weighted by Gasteiger charge is -2.06. The van der Waals surface area contributed by atoms with Crippen LogP contribution in [-0.4, -0.2) is 21.3 Å². The first-order valence-corrected chi connectivity index (χ1v) is 10.4. The SMILES string of the molecule is O=C1NC(=O)/C(=C\c2ccc(OCc3nnc(OCc4c(Cl)cccc4Cl)o3)cc2)S1. The first-order valence-electron chi connectivity index (χ1n) is 8.84. The summed E-state index contributed by atoms with van der Waals surface area (Å²) in [6, 6.07) is 12.1. The summed E-state index contributed by atoms with van der Waals surface area (Å²) in [5.41, 5.74) is 1.38. The van der Waals surface area contributed by atoms with E-state index in [1.54, 1.807) is 48.5 Å². The van der Waals surface area contributed by atoms with E-state index < -0.39 is 5.91 Å². The standard InChI is InChI=1S/C20H13Cl2N3O5S/c21-14-2-1-3-15(22)13(14)9-29-20-25-24-17(30-20)10-28-12-6-4-11(5-7-12)8-16-18(26)23-19(27)31-16/h1-8H,9-10H2,(H,23,26,27)/b16-8+. The third kappa shape index (κ3) is 5.38. The van der Waals surface area contributed by atoms with Gasteiger partial charge in [-0.25, -0.2) is 0 Å². The fourth-order valence-electron chi connectivity index (χ4n) is 2.54. The number of nitrogens with one attached hydrogen (secondary N) is 1. The summed E-state index contributed by atoms with van der Waals surface area (Å²) in [7, 11) is 0. The molecule has 1 aromatic heterocycles. The molecule has 1 aliphatic heterocycles. The van der Waals surface area contributed by atoms with Gasteiger partial charge in [-0.1, -0.05) is 46.5 Å². The third-order valence-corrected chi connectivity index (χ3v) is 5.55. The number of rotatable bonds is 7. The van der Waals surface area contributed by atoms with Crippen molar-refractivity contribution in [3.8, 4) is 11.8 Å². The van der Waals surface area contributed by atoms with Crippen LogP contribution >= 0.6 is 35.0 Å². The maximum Gasteiger partial charge on any atom is 0.415 e. The monoisotopic (exact) mass is 477 g/mol. The number of carbonyl (C=O) groups is 2. The number of imide groups is 1. The summed E-state index contributed by atoms with van der Waals surface area (Å²) >= 11 is 13.1. The largest absolute Gasteiger partial charge is 0.484 e. The molecule has 0 unspecified atom stereocenters. The van der Waals surface area contributed by atoms with Crippen molar-refractivity contribution in [3.63, 3.8) is 0 Å². The average Bonchev–Trinajstić information content (AvgIpc) is 3.32. The van der Waals surface area contributed by atoms with Crippen LogP contribution in [0.25, 0.3) is 6.08 Å². The van der Waals surface area contributed by atoms with Gasteiger partial charge in [0.15, 0.2) is 6.61 Å². The molecule has 2 aromatic carbocycles. The molecule has 1 saturated heterocycles. The zero-order valence-corrected chi connectivity index (χ0v) is 18.0. The fraction of sp³-hybridized carbons (Fsp3) is 0.100. The normalized spacial score (nSPS) is 14.7. The summed E-state index contributed by atoms with van der Waals surface area (Å²) in [6.45, 7) is 0.121. The van der Waals surface area contributed by atoms with Gasteiger partial charge in [0, 0.05) is 15.6 Å². The molecule has 0 saturated carbocycles. The Morgan fingerprint density at radius 2 is 1.74 bits per heavy atom. The van der Waals surface area contributed by atoms with E-state index in [2.05, 4.69) is 15.5 Å². The molecule has 3 aromatic rings. The molecule has 158 valence electrons. The maximum absolute atomic E-state index is 11.6. The number of aromatic nitrogens is 2. The molecule has 11 heteroatoms. The second-order valence-corrected chi connectivity index (χ2v) is 7.99. The molecule has 1 N–H and O–H groups in total. The van der Waals surface area contributed by atoms with Crippen LogP contribution in [0, 0.1) is 0 Å². The highest BCUT2D eigenvalue weighted by atomic mass is 35.5. The van der Waals surface area contributed by atoms with Gasteiger partial charge in [0.2, 0.25) is 0 Å². The predicted molar refractivity (Wildman–Crippen MR) is 115 cm³/mol. The number of halogens is 2. The maximum atomic E-state index is 11.6. The van der Waals surface area contributed by atoms with E-state index in [9.17, 15) is 9.59 Å². The lowest BCUT2D eigenvalue weighted by atomic mass is 10.2. The lowest BCUT2D eigenvalue weighted by Crippen LogP contribution is -2.17. The first-order chi connectivity index (χ1) is 15.0.